The molecule has 4 nitrogen and oxygen atoms in total. The molecule has 2 aliphatic rings. The van der Waals surface area contributed by atoms with Gasteiger partial charge in [-0.2, -0.15) is 0 Å². The Hall–Kier alpha value is -1.62. The summed E-state index contributed by atoms with van der Waals surface area (Å²) >= 11 is 0. The highest BCUT2D eigenvalue weighted by atomic mass is 19.1. The van der Waals surface area contributed by atoms with Crippen LogP contribution < -0.4 is 10.6 Å². The molecule has 1 aliphatic carbocycles. The van der Waals surface area contributed by atoms with Crippen LogP contribution >= 0.6 is 0 Å². The number of benzene rings is 1. The average molecular weight is 333 g/mol. The largest absolute Gasteiger partial charge is 0.380 e. The molecule has 1 aromatic rings. The molecule has 1 heterocycles. The predicted octanol–water partition coefficient (Wildman–Crippen LogP) is 3.01. The lowest BCUT2D eigenvalue weighted by molar-refractivity contribution is -0.124. The van der Waals surface area contributed by atoms with Gasteiger partial charge in [0.15, 0.2) is 0 Å². The zero-order valence-corrected chi connectivity index (χ0v) is 14.3. The van der Waals surface area contributed by atoms with Gasteiger partial charge in [-0.3, -0.25) is 4.79 Å². The van der Waals surface area contributed by atoms with Crippen molar-refractivity contribution >= 4 is 11.6 Å². The number of nitrogens with one attached hydrogen (secondary N) is 2. The number of hydrogen-bond donors (Lipinski definition) is 2. The summed E-state index contributed by atoms with van der Waals surface area (Å²) in [6.45, 7) is 3.63. The topological polar surface area (TPSA) is 44.4 Å². The number of amides is 1. The number of likely N-dealkylation sites (tertiary alicyclic amines) is 1. The molecule has 0 radical (unpaired) electrons. The second-order valence-electron chi connectivity index (χ2n) is 7.01. The Morgan fingerprint density at radius 3 is 2.54 bits per heavy atom. The molecule has 0 unspecified atom stereocenters. The number of halogens is 1. The van der Waals surface area contributed by atoms with Crippen LogP contribution in [0.25, 0.3) is 0 Å². The summed E-state index contributed by atoms with van der Waals surface area (Å²) in [5.41, 5.74) is 0.597. The third kappa shape index (κ3) is 4.69. The first-order chi connectivity index (χ1) is 11.7. The normalized spacial score (nSPS) is 20.2. The molecular weight excluding hydrogens is 305 g/mol. The van der Waals surface area contributed by atoms with E-state index in [1.807, 2.05) is 6.07 Å². The Bertz CT molecular complexity index is 537. The molecule has 2 fully saturated rings. The Labute approximate surface area is 143 Å². The maximum absolute atomic E-state index is 13.7. The molecule has 0 aromatic heterocycles. The number of nitrogens with zero attached hydrogens (tertiary/aromatic N) is 1. The zero-order valence-electron chi connectivity index (χ0n) is 14.3. The number of carbonyl (C=O) groups is 1. The van der Waals surface area contributed by atoms with E-state index in [4.69, 9.17) is 0 Å². The van der Waals surface area contributed by atoms with Gasteiger partial charge in [0.2, 0.25) is 5.91 Å². The van der Waals surface area contributed by atoms with E-state index in [0.717, 1.165) is 51.9 Å². The van der Waals surface area contributed by atoms with Crippen molar-refractivity contribution in [3.05, 3.63) is 30.1 Å². The summed E-state index contributed by atoms with van der Waals surface area (Å²) in [4.78, 5) is 14.4. The quantitative estimate of drug-likeness (QED) is 0.841. The third-order valence-electron chi connectivity index (χ3n) is 5.27. The summed E-state index contributed by atoms with van der Waals surface area (Å²) in [6.07, 6.45) is 6.51. The van der Waals surface area contributed by atoms with Crippen molar-refractivity contribution in [3.63, 3.8) is 0 Å². The number of para-hydroxylation sites is 1. The van der Waals surface area contributed by atoms with Gasteiger partial charge in [-0.15, -0.1) is 0 Å². The summed E-state index contributed by atoms with van der Waals surface area (Å²) in [7, 11) is 0. The predicted molar refractivity (Wildman–Crippen MR) is 94.5 cm³/mol. The number of carbonyl (C=O) groups excluding carboxylic acids is 1. The standard InChI is InChI=1S/C19H28FN3O/c20-17-7-3-4-8-18(17)22-16-9-12-23(13-10-16)14-11-21-19(24)15-5-1-2-6-15/h3-4,7-8,15-16,22H,1-2,5-6,9-14H2,(H,21,24). The van der Waals surface area contributed by atoms with E-state index in [2.05, 4.69) is 15.5 Å². The van der Waals surface area contributed by atoms with E-state index < -0.39 is 0 Å². The smallest absolute Gasteiger partial charge is 0.223 e. The van der Waals surface area contributed by atoms with E-state index in [-0.39, 0.29) is 17.6 Å². The van der Waals surface area contributed by atoms with E-state index in [0.29, 0.717) is 11.7 Å². The molecule has 0 spiro atoms. The molecule has 1 aliphatic heterocycles. The fraction of sp³-hybridized carbons (Fsp3) is 0.632. The van der Waals surface area contributed by atoms with Gasteiger partial charge in [-0.25, -0.2) is 4.39 Å². The van der Waals surface area contributed by atoms with Crippen LogP contribution in [0.2, 0.25) is 0 Å². The van der Waals surface area contributed by atoms with Crippen LogP contribution in [0.3, 0.4) is 0 Å². The van der Waals surface area contributed by atoms with E-state index in [9.17, 15) is 9.18 Å². The molecule has 1 saturated heterocycles. The van der Waals surface area contributed by atoms with Crippen molar-refractivity contribution in [1.82, 2.24) is 10.2 Å². The van der Waals surface area contributed by atoms with Crippen molar-refractivity contribution in [2.24, 2.45) is 5.92 Å². The monoisotopic (exact) mass is 333 g/mol. The lowest BCUT2D eigenvalue weighted by atomic mass is 10.0. The fourth-order valence-corrected chi connectivity index (χ4v) is 3.77. The second-order valence-corrected chi connectivity index (χ2v) is 7.01. The lowest BCUT2D eigenvalue weighted by Crippen LogP contribution is -2.43. The second kappa shape index (κ2) is 8.47. The lowest BCUT2D eigenvalue weighted by Gasteiger charge is -2.33. The highest BCUT2D eigenvalue weighted by molar-refractivity contribution is 5.78. The van der Waals surface area contributed by atoms with Crippen LogP contribution in [0, 0.1) is 11.7 Å². The van der Waals surface area contributed by atoms with Gasteiger partial charge in [-0.05, 0) is 37.8 Å². The minimum absolute atomic E-state index is 0.186. The first kappa shape index (κ1) is 17.2. The minimum Gasteiger partial charge on any atom is -0.380 e. The van der Waals surface area contributed by atoms with Crippen LogP contribution in [-0.4, -0.2) is 43.0 Å². The Morgan fingerprint density at radius 1 is 1.12 bits per heavy atom. The van der Waals surface area contributed by atoms with Crippen molar-refractivity contribution in [1.29, 1.82) is 0 Å². The highest BCUT2D eigenvalue weighted by Gasteiger charge is 2.23. The van der Waals surface area contributed by atoms with Gasteiger partial charge in [0.05, 0.1) is 5.69 Å². The molecule has 0 atom stereocenters. The Morgan fingerprint density at radius 2 is 1.83 bits per heavy atom. The minimum atomic E-state index is -0.186. The summed E-state index contributed by atoms with van der Waals surface area (Å²) in [5, 5.41) is 6.39. The van der Waals surface area contributed by atoms with Crippen molar-refractivity contribution in [2.45, 2.75) is 44.6 Å². The zero-order chi connectivity index (χ0) is 16.8. The first-order valence-corrected chi connectivity index (χ1v) is 9.23. The van der Waals surface area contributed by atoms with Gasteiger partial charge in [-0.1, -0.05) is 25.0 Å². The van der Waals surface area contributed by atoms with Crippen LogP contribution in [0.4, 0.5) is 10.1 Å². The molecule has 5 heteroatoms. The van der Waals surface area contributed by atoms with Crippen LogP contribution in [-0.2, 0) is 4.79 Å². The van der Waals surface area contributed by atoms with E-state index in [1.165, 1.54) is 18.9 Å². The average Bonchev–Trinajstić information content (AvgIpc) is 3.13. The molecule has 1 aromatic carbocycles. The molecule has 24 heavy (non-hydrogen) atoms. The van der Waals surface area contributed by atoms with Gasteiger partial charge in [0.1, 0.15) is 5.82 Å². The molecule has 0 bridgehead atoms. The summed E-state index contributed by atoms with van der Waals surface area (Å²) in [5.74, 6) is 0.305. The first-order valence-electron chi connectivity index (χ1n) is 9.23. The van der Waals surface area contributed by atoms with E-state index in [1.54, 1.807) is 12.1 Å². The van der Waals surface area contributed by atoms with Gasteiger partial charge < -0.3 is 15.5 Å². The molecule has 2 N–H and O–H groups in total. The van der Waals surface area contributed by atoms with Crippen molar-refractivity contribution in [3.8, 4) is 0 Å². The fourth-order valence-electron chi connectivity index (χ4n) is 3.77. The van der Waals surface area contributed by atoms with Crippen molar-refractivity contribution < 1.29 is 9.18 Å². The van der Waals surface area contributed by atoms with Crippen LogP contribution in [0.15, 0.2) is 24.3 Å². The van der Waals surface area contributed by atoms with Crippen LogP contribution in [0.1, 0.15) is 38.5 Å². The Kier molecular flexibility index (Phi) is 6.07. The van der Waals surface area contributed by atoms with Crippen molar-refractivity contribution in [2.75, 3.05) is 31.5 Å². The summed E-state index contributed by atoms with van der Waals surface area (Å²) in [6, 6.07) is 7.17. The highest BCUT2D eigenvalue weighted by Crippen LogP contribution is 2.24. The SMILES string of the molecule is O=C(NCCN1CCC(Nc2ccccc2F)CC1)C1CCCC1. The van der Waals surface area contributed by atoms with Gasteiger partial charge >= 0.3 is 0 Å². The number of piperidine rings is 1. The molecule has 1 amide bonds. The summed E-state index contributed by atoms with van der Waals surface area (Å²) < 4.78 is 13.7. The van der Waals surface area contributed by atoms with Crippen LogP contribution in [0.5, 0.6) is 0 Å². The Balaban J connectivity index is 1.33. The number of rotatable bonds is 6. The third-order valence-corrected chi connectivity index (χ3v) is 5.27. The molecule has 3 rings (SSSR count). The maximum atomic E-state index is 13.7. The number of hydrogen-bond acceptors (Lipinski definition) is 3. The molecular formula is C19H28FN3O. The van der Waals surface area contributed by atoms with Gasteiger partial charge in [0.25, 0.3) is 0 Å². The maximum Gasteiger partial charge on any atom is 0.223 e. The van der Waals surface area contributed by atoms with Gasteiger partial charge in [0, 0.05) is 38.1 Å². The van der Waals surface area contributed by atoms with E-state index >= 15 is 0 Å². The molecule has 1 saturated carbocycles. The number of anilines is 1. The molecule has 132 valence electrons.